The third-order valence-corrected chi connectivity index (χ3v) is 2.12. The summed E-state index contributed by atoms with van der Waals surface area (Å²) in [5.74, 6) is -0.193. The van der Waals surface area contributed by atoms with Crippen molar-refractivity contribution in [1.82, 2.24) is 0 Å². The molecular formula is C8H3BrCl3F3O. The highest BCUT2D eigenvalue weighted by Gasteiger charge is 2.32. The molecule has 0 aromatic heterocycles. The van der Waals surface area contributed by atoms with Crippen LogP contribution < -0.4 is 4.74 Å². The molecule has 16 heavy (non-hydrogen) atoms. The van der Waals surface area contributed by atoms with Crippen molar-refractivity contribution in [2.45, 2.75) is 10.2 Å². The molecule has 1 aromatic rings. The minimum absolute atomic E-state index is 0.173. The SMILES string of the molecule is FC(F)(F)c1cc(Br)cc(OC(Cl)(Cl)Cl)c1. The van der Waals surface area contributed by atoms with E-state index in [0.29, 0.717) is 0 Å². The molecule has 1 nitrogen and oxygen atoms in total. The Kier molecular flexibility index (Phi) is 4.27. The topological polar surface area (TPSA) is 9.23 Å². The van der Waals surface area contributed by atoms with Gasteiger partial charge in [0.1, 0.15) is 5.75 Å². The Hall–Kier alpha value is 0.160. The van der Waals surface area contributed by atoms with Crippen LogP contribution in [0.15, 0.2) is 22.7 Å². The molecule has 0 amide bonds. The van der Waals surface area contributed by atoms with Crippen LogP contribution in [0.1, 0.15) is 5.56 Å². The van der Waals surface area contributed by atoms with Gasteiger partial charge in [0.25, 0.3) is 0 Å². The van der Waals surface area contributed by atoms with E-state index in [-0.39, 0.29) is 10.2 Å². The summed E-state index contributed by atoms with van der Waals surface area (Å²) >= 11 is 18.8. The molecule has 1 rings (SSSR count). The first kappa shape index (κ1) is 14.2. The average Bonchev–Trinajstić information content (AvgIpc) is 1.97. The van der Waals surface area contributed by atoms with Crippen LogP contribution in [0.4, 0.5) is 13.2 Å². The summed E-state index contributed by atoms with van der Waals surface area (Å²) in [6.07, 6.45) is -4.49. The van der Waals surface area contributed by atoms with Gasteiger partial charge in [0, 0.05) is 4.47 Å². The largest absolute Gasteiger partial charge is 0.446 e. The molecule has 0 fully saturated rings. The van der Waals surface area contributed by atoms with E-state index < -0.39 is 15.7 Å². The van der Waals surface area contributed by atoms with Crippen molar-refractivity contribution >= 4 is 50.7 Å². The van der Waals surface area contributed by atoms with Gasteiger partial charge in [0.2, 0.25) is 0 Å². The van der Waals surface area contributed by atoms with Crippen molar-refractivity contribution in [1.29, 1.82) is 0 Å². The predicted molar refractivity (Wildman–Crippen MR) is 60.1 cm³/mol. The maximum absolute atomic E-state index is 12.4. The number of rotatable bonds is 1. The van der Waals surface area contributed by atoms with Gasteiger partial charge in [0.15, 0.2) is 0 Å². The van der Waals surface area contributed by atoms with Crippen molar-refractivity contribution in [2.75, 3.05) is 0 Å². The van der Waals surface area contributed by atoms with Crippen molar-refractivity contribution in [3.63, 3.8) is 0 Å². The molecule has 0 aliphatic rings. The van der Waals surface area contributed by atoms with E-state index >= 15 is 0 Å². The first-order chi connectivity index (χ1) is 7.08. The Morgan fingerprint density at radius 2 is 1.62 bits per heavy atom. The minimum atomic E-state index is -4.49. The Labute approximate surface area is 113 Å². The molecule has 0 saturated carbocycles. The third kappa shape index (κ3) is 4.57. The maximum atomic E-state index is 12.4. The lowest BCUT2D eigenvalue weighted by atomic mass is 10.2. The van der Waals surface area contributed by atoms with Gasteiger partial charge in [-0.25, -0.2) is 0 Å². The molecule has 0 N–H and O–H groups in total. The van der Waals surface area contributed by atoms with Gasteiger partial charge in [0.05, 0.1) is 5.56 Å². The summed E-state index contributed by atoms with van der Waals surface area (Å²) in [5.41, 5.74) is -0.897. The number of ether oxygens (including phenoxy) is 1. The highest BCUT2D eigenvalue weighted by atomic mass is 79.9. The molecule has 0 atom stereocenters. The smallest absolute Gasteiger partial charge is 0.416 e. The summed E-state index contributed by atoms with van der Waals surface area (Å²) in [6, 6.07) is 2.90. The van der Waals surface area contributed by atoms with Crippen molar-refractivity contribution in [3.8, 4) is 5.75 Å². The van der Waals surface area contributed by atoms with Crippen LogP contribution >= 0.6 is 50.7 Å². The first-order valence-corrected chi connectivity index (χ1v) is 5.64. The predicted octanol–water partition coefficient (Wildman–Crippen LogP) is 5.17. The van der Waals surface area contributed by atoms with Gasteiger partial charge in [-0.15, -0.1) is 0 Å². The van der Waals surface area contributed by atoms with Crippen molar-refractivity contribution in [2.24, 2.45) is 0 Å². The van der Waals surface area contributed by atoms with E-state index in [4.69, 9.17) is 34.8 Å². The Morgan fingerprint density at radius 3 is 2.06 bits per heavy atom. The number of benzene rings is 1. The van der Waals surface area contributed by atoms with Crippen LogP contribution in [-0.2, 0) is 6.18 Å². The van der Waals surface area contributed by atoms with Crippen molar-refractivity contribution < 1.29 is 17.9 Å². The summed E-state index contributed by atoms with van der Waals surface area (Å²) < 4.78 is 40.0. The molecule has 0 radical (unpaired) electrons. The molecule has 8 heteroatoms. The lowest BCUT2D eigenvalue weighted by Crippen LogP contribution is -2.13. The number of alkyl halides is 6. The zero-order valence-electron chi connectivity index (χ0n) is 7.29. The molecule has 90 valence electrons. The van der Waals surface area contributed by atoms with E-state index in [1.807, 2.05) is 0 Å². The van der Waals surface area contributed by atoms with Crippen LogP contribution in [0.5, 0.6) is 5.75 Å². The maximum Gasteiger partial charge on any atom is 0.416 e. The molecule has 0 aliphatic carbocycles. The van der Waals surface area contributed by atoms with Gasteiger partial charge in [-0.1, -0.05) is 15.9 Å². The van der Waals surface area contributed by atoms with E-state index in [0.717, 1.165) is 12.1 Å². The van der Waals surface area contributed by atoms with E-state index in [2.05, 4.69) is 20.7 Å². The lowest BCUT2D eigenvalue weighted by molar-refractivity contribution is -0.137. The molecule has 0 bridgehead atoms. The van der Waals surface area contributed by atoms with Crippen LogP contribution in [-0.4, -0.2) is 3.98 Å². The third-order valence-electron chi connectivity index (χ3n) is 1.43. The summed E-state index contributed by atoms with van der Waals surface area (Å²) in [5, 5.41) is 0. The van der Waals surface area contributed by atoms with E-state index in [1.54, 1.807) is 0 Å². The second-order valence-corrected chi connectivity index (χ2v) is 5.81. The molecule has 0 aliphatic heterocycles. The molecule has 0 saturated heterocycles. The minimum Gasteiger partial charge on any atom is -0.446 e. The number of halogens is 7. The van der Waals surface area contributed by atoms with Crippen LogP contribution in [0.2, 0.25) is 0 Å². The fourth-order valence-corrected chi connectivity index (χ4v) is 1.66. The zero-order valence-corrected chi connectivity index (χ0v) is 11.1. The molecular weight excluding hydrogens is 355 g/mol. The summed E-state index contributed by atoms with van der Waals surface area (Å²) in [4.78, 5) is 0. The molecule has 1 aromatic carbocycles. The Bertz CT molecular complexity index is 389. The molecule has 0 heterocycles. The van der Waals surface area contributed by atoms with Gasteiger partial charge >= 0.3 is 10.2 Å². The highest BCUT2D eigenvalue weighted by molar-refractivity contribution is 9.10. The normalized spacial score (nSPS) is 12.7. The second kappa shape index (κ2) is 4.80. The fourth-order valence-electron chi connectivity index (χ4n) is 0.919. The number of hydrogen-bond acceptors (Lipinski definition) is 1. The monoisotopic (exact) mass is 356 g/mol. The van der Waals surface area contributed by atoms with Crippen LogP contribution in [0.25, 0.3) is 0 Å². The van der Waals surface area contributed by atoms with Gasteiger partial charge in [-0.05, 0) is 53.0 Å². The summed E-state index contributed by atoms with van der Waals surface area (Å²) in [6.45, 7) is 0. The molecule has 0 unspecified atom stereocenters. The molecule has 0 spiro atoms. The zero-order chi connectivity index (χ0) is 12.6. The lowest BCUT2D eigenvalue weighted by Gasteiger charge is -2.15. The van der Waals surface area contributed by atoms with Crippen LogP contribution in [0.3, 0.4) is 0 Å². The van der Waals surface area contributed by atoms with Gasteiger partial charge < -0.3 is 4.74 Å². The standard InChI is InChI=1S/C8H3BrCl3F3O/c9-5-1-4(7(13,14)15)2-6(3-5)16-8(10,11)12/h1-3H. The van der Waals surface area contributed by atoms with Crippen LogP contribution in [0, 0.1) is 0 Å². The number of hydrogen-bond donors (Lipinski definition) is 0. The second-order valence-electron chi connectivity index (χ2n) is 2.72. The van der Waals surface area contributed by atoms with E-state index in [9.17, 15) is 13.2 Å². The fraction of sp³-hybridized carbons (Fsp3) is 0.250. The van der Waals surface area contributed by atoms with Gasteiger partial charge in [-0.3, -0.25) is 0 Å². The van der Waals surface area contributed by atoms with E-state index in [1.165, 1.54) is 6.07 Å². The van der Waals surface area contributed by atoms with Gasteiger partial charge in [-0.2, -0.15) is 13.2 Å². The Balaban J connectivity index is 3.09. The van der Waals surface area contributed by atoms with Crippen molar-refractivity contribution in [3.05, 3.63) is 28.2 Å². The summed E-state index contributed by atoms with van der Waals surface area (Å²) in [7, 11) is 0. The average molecular weight is 358 g/mol. The Morgan fingerprint density at radius 1 is 1.06 bits per heavy atom. The highest BCUT2D eigenvalue weighted by Crippen LogP contribution is 2.37. The first-order valence-electron chi connectivity index (χ1n) is 3.71. The quantitative estimate of drug-likeness (QED) is 0.629.